The maximum atomic E-state index is 12.6. The molecule has 1 unspecified atom stereocenters. The van der Waals surface area contributed by atoms with Gasteiger partial charge in [-0.05, 0) is 30.9 Å². The fraction of sp³-hybridized carbons (Fsp3) is 0.542. The number of methoxy groups -OCH3 is 2. The van der Waals surface area contributed by atoms with E-state index in [2.05, 4.69) is 20.8 Å². The van der Waals surface area contributed by atoms with Crippen molar-refractivity contribution in [3.8, 4) is 5.88 Å². The molecule has 0 aliphatic heterocycles. The monoisotopic (exact) mass is 458 g/mol. The predicted molar refractivity (Wildman–Crippen MR) is 126 cm³/mol. The summed E-state index contributed by atoms with van der Waals surface area (Å²) in [5.41, 5.74) is 3.69. The molecule has 0 radical (unpaired) electrons. The van der Waals surface area contributed by atoms with E-state index in [1.807, 2.05) is 28.7 Å². The van der Waals surface area contributed by atoms with Gasteiger partial charge in [-0.25, -0.2) is 19.2 Å². The van der Waals surface area contributed by atoms with Crippen LogP contribution in [-0.4, -0.2) is 72.7 Å². The molecule has 0 bridgehead atoms. The molecule has 0 aliphatic carbocycles. The molecule has 0 fully saturated rings. The Labute approximate surface area is 194 Å². The summed E-state index contributed by atoms with van der Waals surface area (Å²) in [7, 11) is 3.18. The van der Waals surface area contributed by atoms with Crippen molar-refractivity contribution in [2.75, 3.05) is 47.3 Å². The van der Waals surface area contributed by atoms with E-state index in [0.29, 0.717) is 38.0 Å². The van der Waals surface area contributed by atoms with E-state index in [1.165, 1.54) is 4.90 Å². The molecule has 9 heteroatoms. The highest BCUT2D eigenvalue weighted by Gasteiger charge is 2.22. The van der Waals surface area contributed by atoms with Crippen LogP contribution in [0.3, 0.4) is 0 Å². The largest absolute Gasteiger partial charge is 0.441 e. The van der Waals surface area contributed by atoms with Gasteiger partial charge in [-0.1, -0.05) is 32.9 Å². The van der Waals surface area contributed by atoms with Crippen LogP contribution in [0.2, 0.25) is 0 Å². The van der Waals surface area contributed by atoms with E-state index in [-0.39, 0.29) is 12.7 Å². The molecule has 180 valence electrons. The molecule has 2 heterocycles. The van der Waals surface area contributed by atoms with Crippen molar-refractivity contribution in [2.24, 2.45) is 0 Å². The van der Waals surface area contributed by atoms with Crippen molar-refractivity contribution >= 4 is 22.9 Å². The lowest BCUT2D eigenvalue weighted by molar-refractivity contribution is 0.0223. The van der Waals surface area contributed by atoms with E-state index in [1.54, 1.807) is 14.2 Å². The Bertz CT molecular complexity index is 1060. The zero-order chi connectivity index (χ0) is 23.8. The lowest BCUT2D eigenvalue weighted by Crippen LogP contribution is -2.37. The Balaban J connectivity index is 1.91. The van der Waals surface area contributed by atoms with Crippen LogP contribution in [0.5, 0.6) is 5.88 Å². The highest BCUT2D eigenvalue weighted by atomic mass is 16.7. The topological polar surface area (TPSA) is 87.4 Å². The maximum absolute atomic E-state index is 12.6. The molecule has 1 amide bonds. The summed E-state index contributed by atoms with van der Waals surface area (Å²) >= 11 is 0. The first-order valence-corrected chi connectivity index (χ1v) is 11.4. The highest BCUT2D eigenvalue weighted by molar-refractivity contribution is 5.80. The second-order valence-electron chi connectivity index (χ2n) is 7.82. The average molecular weight is 459 g/mol. The lowest BCUT2D eigenvalue weighted by atomic mass is 9.99. The molecule has 0 saturated heterocycles. The van der Waals surface area contributed by atoms with Gasteiger partial charge in [0.1, 0.15) is 0 Å². The van der Waals surface area contributed by atoms with Gasteiger partial charge >= 0.3 is 6.09 Å². The van der Waals surface area contributed by atoms with Crippen LogP contribution in [0.1, 0.15) is 44.4 Å². The molecular weight excluding hydrogens is 424 g/mol. The second kappa shape index (κ2) is 11.8. The van der Waals surface area contributed by atoms with Gasteiger partial charge in [0.15, 0.2) is 0 Å². The van der Waals surface area contributed by atoms with Gasteiger partial charge < -0.3 is 23.8 Å². The van der Waals surface area contributed by atoms with Crippen LogP contribution >= 0.6 is 0 Å². The van der Waals surface area contributed by atoms with Crippen LogP contribution in [0.4, 0.5) is 4.79 Å². The Morgan fingerprint density at radius 2 is 1.79 bits per heavy atom. The van der Waals surface area contributed by atoms with Crippen LogP contribution in [-0.2, 0) is 20.6 Å². The summed E-state index contributed by atoms with van der Waals surface area (Å²) < 4.78 is 23.7. The Hall–Kier alpha value is -2.91. The molecule has 0 saturated carbocycles. The fourth-order valence-electron chi connectivity index (χ4n) is 3.72. The first kappa shape index (κ1) is 24.7. The summed E-state index contributed by atoms with van der Waals surface area (Å²) in [5, 5.41) is 0. The van der Waals surface area contributed by atoms with Crippen molar-refractivity contribution in [1.29, 1.82) is 0 Å². The minimum Gasteiger partial charge on any atom is -0.441 e. The van der Waals surface area contributed by atoms with Gasteiger partial charge in [0.05, 0.1) is 29.9 Å². The van der Waals surface area contributed by atoms with E-state index >= 15 is 0 Å². The number of amides is 1. The zero-order valence-corrected chi connectivity index (χ0v) is 20.2. The highest BCUT2D eigenvalue weighted by Crippen LogP contribution is 2.32. The average Bonchev–Trinajstić information content (AvgIpc) is 3.21. The van der Waals surface area contributed by atoms with Crippen LogP contribution in [0.25, 0.3) is 16.8 Å². The number of rotatable bonds is 12. The van der Waals surface area contributed by atoms with Crippen molar-refractivity contribution in [3.63, 3.8) is 0 Å². The smallest absolute Gasteiger partial charge is 0.412 e. The number of carbonyl (C=O) groups excluding carboxylic acids is 1. The van der Waals surface area contributed by atoms with Crippen molar-refractivity contribution in [2.45, 2.75) is 39.5 Å². The predicted octanol–water partition coefficient (Wildman–Crippen LogP) is 4.03. The Morgan fingerprint density at radius 1 is 1.09 bits per heavy atom. The van der Waals surface area contributed by atoms with Gasteiger partial charge in [-0.15, -0.1) is 0 Å². The van der Waals surface area contributed by atoms with Gasteiger partial charge in [0.2, 0.25) is 18.5 Å². The number of ether oxygens (including phenoxy) is 4. The van der Waals surface area contributed by atoms with Crippen molar-refractivity contribution < 1.29 is 23.7 Å². The molecule has 1 atom stereocenters. The van der Waals surface area contributed by atoms with E-state index in [9.17, 15) is 4.79 Å². The van der Waals surface area contributed by atoms with Crippen LogP contribution < -0.4 is 4.74 Å². The molecular formula is C24H34N4O5. The molecule has 0 N–H and O–H groups in total. The Kier molecular flexibility index (Phi) is 8.85. The van der Waals surface area contributed by atoms with Crippen molar-refractivity contribution in [3.05, 3.63) is 35.5 Å². The first-order chi connectivity index (χ1) is 16.0. The third-order valence-electron chi connectivity index (χ3n) is 5.73. The molecule has 0 spiro atoms. The van der Waals surface area contributed by atoms with Gasteiger partial charge in [0.25, 0.3) is 0 Å². The standard InChI is InChI=1S/C24H34N4O5/c1-6-17(3)21-18(7-2)22(28-20-11-9-8-10-19(20)25-23(28)26-21)32-16-33-24(29)27(12-14-30-4)13-15-31-5/h8-11,17H,6-7,12-16H2,1-5H3. The van der Waals surface area contributed by atoms with E-state index in [0.717, 1.165) is 35.1 Å². The first-order valence-electron chi connectivity index (χ1n) is 11.4. The minimum absolute atomic E-state index is 0.228. The number of imidazole rings is 1. The molecule has 2 aromatic heterocycles. The van der Waals surface area contributed by atoms with Gasteiger partial charge in [-0.3, -0.25) is 0 Å². The molecule has 0 aliphatic rings. The number of nitrogens with zero attached hydrogens (tertiary/aromatic N) is 4. The summed E-state index contributed by atoms with van der Waals surface area (Å²) in [6, 6.07) is 7.83. The summed E-state index contributed by atoms with van der Waals surface area (Å²) in [5.74, 6) is 1.43. The second-order valence-corrected chi connectivity index (χ2v) is 7.82. The van der Waals surface area contributed by atoms with Gasteiger partial charge in [0, 0.05) is 32.9 Å². The molecule has 1 aromatic carbocycles. The number of benzene rings is 1. The molecule has 3 aromatic rings. The number of para-hydroxylation sites is 2. The van der Waals surface area contributed by atoms with E-state index in [4.69, 9.17) is 28.9 Å². The maximum Gasteiger partial charge on any atom is 0.412 e. The summed E-state index contributed by atoms with van der Waals surface area (Å²) in [6.07, 6.45) is 1.19. The van der Waals surface area contributed by atoms with Crippen molar-refractivity contribution in [1.82, 2.24) is 19.3 Å². The zero-order valence-electron chi connectivity index (χ0n) is 20.2. The van der Waals surface area contributed by atoms with Crippen LogP contribution in [0, 0.1) is 0 Å². The number of fused-ring (bicyclic) bond motifs is 3. The van der Waals surface area contributed by atoms with Crippen LogP contribution in [0.15, 0.2) is 24.3 Å². The fourth-order valence-corrected chi connectivity index (χ4v) is 3.72. The molecule has 3 rings (SSSR count). The SMILES string of the molecule is CCc1c(C(C)CC)nc2nc3ccccc3n2c1OCOC(=O)N(CCOC)CCOC. The third-order valence-corrected chi connectivity index (χ3v) is 5.73. The number of carbonyl (C=O) groups is 1. The third kappa shape index (κ3) is 5.54. The van der Waals surface area contributed by atoms with Gasteiger partial charge in [-0.2, -0.15) is 0 Å². The number of hydrogen-bond donors (Lipinski definition) is 0. The quantitative estimate of drug-likeness (QED) is 0.379. The number of hydrogen-bond acceptors (Lipinski definition) is 7. The summed E-state index contributed by atoms with van der Waals surface area (Å²) in [6.45, 7) is 7.75. The molecule has 33 heavy (non-hydrogen) atoms. The number of aromatic nitrogens is 3. The normalized spacial score (nSPS) is 12.3. The molecule has 9 nitrogen and oxygen atoms in total. The lowest BCUT2D eigenvalue weighted by Gasteiger charge is -2.22. The van der Waals surface area contributed by atoms with E-state index < -0.39 is 6.09 Å². The Morgan fingerprint density at radius 3 is 2.42 bits per heavy atom. The summed E-state index contributed by atoms with van der Waals surface area (Å²) in [4.78, 5) is 23.7. The minimum atomic E-state index is -0.481.